The maximum atomic E-state index is 14.8. The molecule has 31 nitrogen and oxygen atoms in total. The molecule has 0 unspecified atom stereocenters. The normalized spacial score (nSPS) is 19.1. The molecule has 0 aromatic heterocycles. The summed E-state index contributed by atoms with van der Waals surface area (Å²) in [6.45, 7) is 6.25. The number of aromatic hydroxyl groups is 1. The molecule has 1 aliphatic heterocycles. The fourth-order valence-corrected chi connectivity index (χ4v) is 11.4. The Hall–Kier alpha value is -8.43. The summed E-state index contributed by atoms with van der Waals surface area (Å²) in [5, 5.41) is 36.0. The van der Waals surface area contributed by atoms with E-state index in [1.165, 1.54) is 12.1 Å². The second-order valence-electron chi connectivity index (χ2n) is 22.3. The SMILES string of the molecule is CC[C@H](C)[C@H]1NC(=O)[C@H](CCCN=C(N)N)NC(=O)[C@@H](NC(=O)[C@H](CC(C)C)NC(=O)[C@H](Cc2ccccc2)NC(=O)CNC(=O)CNC(=O)[C@@H](N)Cc2ccc(O)cc2)CSSC[C@@H](C(=O)N[C@@H](CCCCN)C(N)=O)NC(=O)[C@H](CCCN=C(N)N)NC1=O. The number of nitrogens with one attached hydrogen (secondary N) is 10. The number of guanidine groups is 2. The fourth-order valence-electron chi connectivity index (χ4n) is 9.03. The molecule has 504 valence electrons. The largest absolute Gasteiger partial charge is 0.508 e. The van der Waals surface area contributed by atoms with Gasteiger partial charge in [-0.25, -0.2) is 0 Å². The predicted molar refractivity (Wildman–Crippen MR) is 347 cm³/mol. The number of aliphatic imine (C=N–C) groups is 2. The molecule has 0 radical (unpaired) electrons. The average Bonchev–Trinajstić information content (AvgIpc) is 2.57. The molecule has 1 saturated heterocycles. The number of nitrogens with two attached hydrogens (primary N) is 7. The highest BCUT2D eigenvalue weighted by molar-refractivity contribution is 8.76. The number of benzene rings is 2. The van der Waals surface area contributed by atoms with Crippen molar-refractivity contribution in [2.45, 2.75) is 153 Å². The molecule has 3 rings (SSSR count). The zero-order valence-corrected chi connectivity index (χ0v) is 53.6. The summed E-state index contributed by atoms with van der Waals surface area (Å²) in [6, 6.07) is 2.82. The molecular formula is C58H93N19O12S2. The van der Waals surface area contributed by atoms with E-state index in [4.69, 9.17) is 40.1 Å². The van der Waals surface area contributed by atoms with E-state index in [1.807, 2.05) is 0 Å². The zero-order valence-electron chi connectivity index (χ0n) is 52.0. The van der Waals surface area contributed by atoms with Crippen molar-refractivity contribution in [1.29, 1.82) is 0 Å². The molecule has 0 bridgehead atoms. The van der Waals surface area contributed by atoms with Crippen LogP contribution in [-0.4, -0.2) is 181 Å². The van der Waals surface area contributed by atoms with Crippen LogP contribution in [0.25, 0.3) is 0 Å². The van der Waals surface area contributed by atoms with Crippen LogP contribution in [0.15, 0.2) is 64.6 Å². The number of carbonyl (C=O) groups excluding carboxylic acids is 11. The van der Waals surface area contributed by atoms with E-state index in [-0.39, 0.29) is 99.5 Å². The Morgan fingerprint density at radius 2 is 1.21 bits per heavy atom. The second kappa shape index (κ2) is 41.1. The number of amides is 11. The zero-order chi connectivity index (χ0) is 67.6. The number of hydrogen-bond donors (Lipinski definition) is 18. The first-order chi connectivity index (χ1) is 43.2. The lowest BCUT2D eigenvalue weighted by molar-refractivity contribution is -0.136. The van der Waals surface area contributed by atoms with E-state index in [0.717, 1.165) is 21.6 Å². The van der Waals surface area contributed by atoms with Crippen molar-refractivity contribution in [3.8, 4) is 5.75 Å². The Balaban J connectivity index is 2.02. The van der Waals surface area contributed by atoms with Crippen LogP contribution in [0.5, 0.6) is 5.75 Å². The number of phenols is 1. The van der Waals surface area contributed by atoms with Gasteiger partial charge in [-0.1, -0.05) is 98.2 Å². The molecule has 1 aliphatic rings. The van der Waals surface area contributed by atoms with Gasteiger partial charge >= 0.3 is 0 Å². The van der Waals surface area contributed by atoms with Gasteiger partial charge in [0.15, 0.2) is 11.9 Å². The fraction of sp³-hybridized carbons (Fsp3) is 0.569. The molecule has 11 amide bonds. The molecule has 1 heterocycles. The van der Waals surface area contributed by atoms with Gasteiger partial charge < -0.3 is 98.4 Å². The summed E-state index contributed by atoms with van der Waals surface area (Å²) >= 11 is 0. The Labute approximate surface area is 537 Å². The molecule has 2 aromatic carbocycles. The third-order valence-electron chi connectivity index (χ3n) is 14.2. The van der Waals surface area contributed by atoms with Gasteiger partial charge in [0, 0.05) is 31.0 Å². The molecule has 2 aromatic rings. The van der Waals surface area contributed by atoms with Crippen LogP contribution in [0.1, 0.15) is 96.6 Å². The van der Waals surface area contributed by atoms with Crippen molar-refractivity contribution in [2.24, 2.45) is 62.0 Å². The smallest absolute Gasteiger partial charge is 0.244 e. The van der Waals surface area contributed by atoms with E-state index in [1.54, 1.807) is 70.2 Å². The Kier molecular flexibility index (Phi) is 34.7. The molecule has 91 heavy (non-hydrogen) atoms. The van der Waals surface area contributed by atoms with Gasteiger partial charge in [0.25, 0.3) is 0 Å². The molecule has 0 spiro atoms. The summed E-state index contributed by atoms with van der Waals surface area (Å²) in [5.74, 6) is -10.6. The lowest BCUT2D eigenvalue weighted by Crippen LogP contribution is -2.61. The number of rotatable bonds is 33. The van der Waals surface area contributed by atoms with E-state index < -0.39 is 138 Å². The number of phenolic OH excluding ortho intramolecular Hbond substituents is 1. The standard InChI is InChI=1S/C58H93N19O12S2/c1-5-33(4)47-56(89)73-39(16-11-23-66-57(62)63)50(83)75-43(54(87)71-38(48(61)81)15-9-10-22-59)30-90-91-31-44(55(88)72-40(51(84)77-47)17-12-24-67-58(64)65)76-52(85)41(25-32(2)3)74-53(86)42(27-34-13-7-6-8-14-34)70-46(80)29-68-45(79)28-69-49(82)37(60)26-35-18-20-36(78)21-19-35/h6-8,13-14,18-21,32-33,37-44,47,78H,5,9-12,15-17,22-31,59-60H2,1-4H3,(H2,61,81)(H,68,79)(H,69,82)(H,70,80)(H,71,87)(H,72,88)(H,73,89)(H,74,86)(H,75,83)(H,76,85)(H,77,84)(H4,62,63,66)(H4,64,65,67)/t33-,37-,38-,39-,40-,41-,42-,43-,44-,47+/m0/s1. The quantitative estimate of drug-likeness (QED) is 0.0140. The highest BCUT2D eigenvalue weighted by Crippen LogP contribution is 2.24. The lowest BCUT2D eigenvalue weighted by atomic mass is 9.96. The maximum Gasteiger partial charge on any atom is 0.244 e. The number of nitrogens with zero attached hydrogens (tertiary/aromatic N) is 2. The first-order valence-electron chi connectivity index (χ1n) is 30.1. The van der Waals surface area contributed by atoms with Crippen LogP contribution < -0.4 is 93.3 Å². The number of unbranched alkanes of at least 4 members (excludes halogenated alkanes) is 1. The maximum absolute atomic E-state index is 14.8. The number of hydrogen-bond acceptors (Lipinski definition) is 18. The molecule has 25 N–H and O–H groups in total. The highest BCUT2D eigenvalue weighted by atomic mass is 33.1. The minimum absolute atomic E-state index is 0.000633. The predicted octanol–water partition coefficient (Wildman–Crippen LogP) is -4.18. The first kappa shape index (κ1) is 76.8. The van der Waals surface area contributed by atoms with Crippen LogP contribution in [0.3, 0.4) is 0 Å². The van der Waals surface area contributed by atoms with Crippen molar-refractivity contribution in [2.75, 3.05) is 44.2 Å². The minimum atomic E-state index is -1.50. The minimum Gasteiger partial charge on any atom is -0.508 e. The van der Waals surface area contributed by atoms with Crippen molar-refractivity contribution < 1.29 is 57.8 Å². The molecule has 33 heteroatoms. The second-order valence-corrected chi connectivity index (χ2v) is 24.9. The van der Waals surface area contributed by atoms with Crippen LogP contribution in [0.2, 0.25) is 0 Å². The summed E-state index contributed by atoms with van der Waals surface area (Å²) in [6.07, 6.45) is 1.61. The topological polar surface area (TPSA) is 535 Å². The monoisotopic (exact) mass is 1310 g/mol. The van der Waals surface area contributed by atoms with Crippen molar-refractivity contribution in [3.05, 3.63) is 65.7 Å². The third kappa shape index (κ3) is 29.8. The van der Waals surface area contributed by atoms with Crippen LogP contribution in [0.4, 0.5) is 0 Å². The van der Waals surface area contributed by atoms with Crippen molar-refractivity contribution in [3.63, 3.8) is 0 Å². The molecule has 0 aliphatic carbocycles. The Morgan fingerprint density at radius 1 is 0.626 bits per heavy atom. The number of primary amides is 1. The van der Waals surface area contributed by atoms with Gasteiger partial charge in [-0.15, -0.1) is 0 Å². The third-order valence-corrected chi connectivity index (χ3v) is 16.7. The van der Waals surface area contributed by atoms with Crippen molar-refractivity contribution >= 4 is 98.5 Å². The molecular weight excluding hydrogens is 1220 g/mol. The lowest BCUT2D eigenvalue weighted by Gasteiger charge is -2.29. The first-order valence-corrected chi connectivity index (χ1v) is 32.6. The average molecular weight is 1310 g/mol. The van der Waals surface area contributed by atoms with Crippen LogP contribution >= 0.6 is 21.6 Å². The van der Waals surface area contributed by atoms with Gasteiger partial charge in [0.05, 0.1) is 19.1 Å². The Bertz CT molecular complexity index is 2790. The summed E-state index contributed by atoms with van der Waals surface area (Å²) in [5.41, 5.74) is 40.9. The summed E-state index contributed by atoms with van der Waals surface area (Å²) < 4.78 is 0. The molecule has 1 fully saturated rings. The van der Waals surface area contributed by atoms with Crippen LogP contribution in [0, 0.1) is 11.8 Å². The molecule has 10 atom stereocenters. The highest BCUT2D eigenvalue weighted by Gasteiger charge is 2.37. The van der Waals surface area contributed by atoms with Gasteiger partial charge in [0.2, 0.25) is 65.0 Å². The van der Waals surface area contributed by atoms with Gasteiger partial charge in [-0.05, 0) is 99.4 Å². The number of carbonyl (C=O) groups is 11. The van der Waals surface area contributed by atoms with Crippen molar-refractivity contribution in [1.82, 2.24) is 53.2 Å². The van der Waals surface area contributed by atoms with Crippen LogP contribution in [-0.2, 0) is 65.6 Å². The van der Waals surface area contributed by atoms with Gasteiger partial charge in [-0.3, -0.25) is 62.7 Å². The Morgan fingerprint density at radius 3 is 1.79 bits per heavy atom. The molecule has 0 saturated carbocycles. The van der Waals surface area contributed by atoms with Gasteiger partial charge in [-0.2, -0.15) is 0 Å². The van der Waals surface area contributed by atoms with E-state index in [9.17, 15) is 57.8 Å². The van der Waals surface area contributed by atoms with Gasteiger partial charge in [0.1, 0.15) is 54.1 Å². The van der Waals surface area contributed by atoms with E-state index in [2.05, 4.69) is 63.2 Å². The van der Waals surface area contributed by atoms with E-state index >= 15 is 0 Å². The summed E-state index contributed by atoms with van der Waals surface area (Å²) in [7, 11) is 1.97. The summed E-state index contributed by atoms with van der Waals surface area (Å²) in [4.78, 5) is 161. The van der Waals surface area contributed by atoms with E-state index in [0.29, 0.717) is 36.9 Å².